The molecule has 2 aromatic carbocycles. The normalized spacial score (nSPS) is 17.0. The molecule has 0 bridgehead atoms. The Kier molecular flexibility index (Phi) is 6.79. The molecule has 1 atom stereocenters. The standard InChI is InChI=1S/C27H29ClN2O4/c1-29(27(31)25-7-4-14-32-25)23(16-21-5-2-3-6-22(21)28)20-10-12-30(13-11-20)17-19-8-9-24-26(15-19)34-18-33-24/h2-9,14-15,20,23H,10-13,16-18H2,1H3/t23-/m1/s1. The molecule has 0 spiro atoms. The maximum atomic E-state index is 13.1. The summed E-state index contributed by atoms with van der Waals surface area (Å²) in [5.74, 6) is 2.28. The molecule has 178 valence electrons. The molecule has 7 heteroatoms. The number of ether oxygens (including phenoxy) is 2. The molecule has 1 saturated heterocycles. The summed E-state index contributed by atoms with van der Waals surface area (Å²) in [6.45, 7) is 3.11. The molecule has 2 aliphatic heterocycles. The number of carbonyl (C=O) groups is 1. The topological polar surface area (TPSA) is 55.2 Å². The molecule has 0 unspecified atom stereocenters. The van der Waals surface area contributed by atoms with Crippen molar-refractivity contribution < 1.29 is 18.7 Å². The van der Waals surface area contributed by atoms with Crippen LogP contribution in [-0.2, 0) is 13.0 Å². The van der Waals surface area contributed by atoms with Gasteiger partial charge in [0.15, 0.2) is 17.3 Å². The van der Waals surface area contributed by atoms with Crippen LogP contribution in [0.2, 0.25) is 5.02 Å². The van der Waals surface area contributed by atoms with E-state index in [2.05, 4.69) is 23.1 Å². The van der Waals surface area contributed by atoms with Crippen molar-refractivity contribution in [1.29, 1.82) is 0 Å². The van der Waals surface area contributed by atoms with Gasteiger partial charge in [-0.3, -0.25) is 9.69 Å². The molecule has 6 nitrogen and oxygen atoms in total. The summed E-state index contributed by atoms with van der Waals surface area (Å²) >= 11 is 6.50. The van der Waals surface area contributed by atoms with Gasteiger partial charge in [0, 0.05) is 24.7 Å². The number of rotatable bonds is 7. The lowest BCUT2D eigenvalue weighted by Gasteiger charge is -2.40. The number of halogens is 1. The van der Waals surface area contributed by atoms with E-state index >= 15 is 0 Å². The first-order chi connectivity index (χ1) is 16.6. The van der Waals surface area contributed by atoms with Crippen molar-refractivity contribution in [3.63, 3.8) is 0 Å². The van der Waals surface area contributed by atoms with Crippen LogP contribution in [0.1, 0.15) is 34.5 Å². The quantitative estimate of drug-likeness (QED) is 0.462. The molecule has 0 N–H and O–H groups in total. The molecule has 2 aliphatic rings. The molecule has 1 amide bonds. The van der Waals surface area contributed by atoms with Crippen molar-refractivity contribution in [3.8, 4) is 11.5 Å². The lowest BCUT2D eigenvalue weighted by molar-refractivity contribution is 0.0556. The first-order valence-electron chi connectivity index (χ1n) is 11.7. The zero-order chi connectivity index (χ0) is 23.5. The Hall–Kier alpha value is -2.96. The number of amides is 1. The Bertz CT molecular complexity index is 1130. The van der Waals surface area contributed by atoms with Crippen molar-refractivity contribution in [2.75, 3.05) is 26.9 Å². The van der Waals surface area contributed by atoms with Gasteiger partial charge >= 0.3 is 0 Å². The van der Waals surface area contributed by atoms with Gasteiger partial charge in [0.25, 0.3) is 5.91 Å². The molecule has 0 aliphatic carbocycles. The van der Waals surface area contributed by atoms with E-state index in [1.165, 1.54) is 5.56 Å². The number of hydrogen-bond acceptors (Lipinski definition) is 5. The van der Waals surface area contributed by atoms with Gasteiger partial charge in [-0.05, 0) is 79.7 Å². The number of furan rings is 1. The highest BCUT2D eigenvalue weighted by molar-refractivity contribution is 6.31. The molecule has 3 heterocycles. The second-order valence-electron chi connectivity index (χ2n) is 9.06. The largest absolute Gasteiger partial charge is 0.459 e. The maximum Gasteiger partial charge on any atom is 0.289 e. The smallest absolute Gasteiger partial charge is 0.289 e. The van der Waals surface area contributed by atoms with Crippen molar-refractivity contribution in [3.05, 3.63) is 82.8 Å². The Morgan fingerprint density at radius 1 is 1.09 bits per heavy atom. The number of fused-ring (bicyclic) bond motifs is 1. The third kappa shape index (κ3) is 4.93. The molecule has 0 saturated carbocycles. The highest BCUT2D eigenvalue weighted by Gasteiger charge is 2.33. The zero-order valence-corrected chi connectivity index (χ0v) is 20.0. The van der Waals surface area contributed by atoms with E-state index in [0.29, 0.717) is 18.5 Å². The van der Waals surface area contributed by atoms with Crippen LogP contribution in [0.15, 0.2) is 65.3 Å². The van der Waals surface area contributed by atoms with E-state index in [-0.39, 0.29) is 11.9 Å². The first kappa shape index (κ1) is 22.8. The third-order valence-corrected chi connectivity index (χ3v) is 7.32. The minimum atomic E-state index is -0.0927. The fraction of sp³-hybridized carbons (Fsp3) is 0.370. The summed E-state index contributed by atoms with van der Waals surface area (Å²) in [6, 6.07) is 17.6. The van der Waals surface area contributed by atoms with E-state index in [0.717, 1.165) is 61.0 Å². The van der Waals surface area contributed by atoms with Crippen LogP contribution in [0.25, 0.3) is 0 Å². The molecular formula is C27H29ClN2O4. The van der Waals surface area contributed by atoms with E-state index in [1.54, 1.807) is 18.4 Å². The number of carbonyl (C=O) groups excluding carboxylic acids is 1. The minimum absolute atomic E-state index is 0.0326. The molecule has 1 aromatic heterocycles. The third-order valence-electron chi connectivity index (χ3n) is 6.96. The first-order valence-corrected chi connectivity index (χ1v) is 12.1. The van der Waals surface area contributed by atoms with Crippen LogP contribution < -0.4 is 9.47 Å². The zero-order valence-electron chi connectivity index (χ0n) is 19.3. The Balaban J connectivity index is 1.27. The fourth-order valence-electron chi connectivity index (χ4n) is 5.03. The van der Waals surface area contributed by atoms with Gasteiger partial charge in [0.1, 0.15) is 0 Å². The molecule has 1 fully saturated rings. The predicted molar refractivity (Wildman–Crippen MR) is 130 cm³/mol. The lowest BCUT2D eigenvalue weighted by Crippen LogP contribution is -2.47. The lowest BCUT2D eigenvalue weighted by atomic mass is 9.84. The number of hydrogen-bond donors (Lipinski definition) is 0. The van der Waals surface area contributed by atoms with Crippen molar-refractivity contribution in [2.45, 2.75) is 31.8 Å². The Labute approximate surface area is 205 Å². The molecular weight excluding hydrogens is 452 g/mol. The number of benzene rings is 2. The van der Waals surface area contributed by atoms with Crippen molar-refractivity contribution >= 4 is 17.5 Å². The van der Waals surface area contributed by atoms with Crippen LogP contribution in [0, 0.1) is 5.92 Å². The molecule has 3 aromatic rings. The van der Waals surface area contributed by atoms with Crippen LogP contribution in [0.3, 0.4) is 0 Å². The van der Waals surface area contributed by atoms with Crippen molar-refractivity contribution in [2.24, 2.45) is 5.92 Å². The summed E-state index contributed by atoms with van der Waals surface area (Å²) < 4.78 is 16.3. The number of likely N-dealkylation sites (tertiary alicyclic amines) is 1. The number of piperidine rings is 1. The monoisotopic (exact) mass is 480 g/mol. The summed E-state index contributed by atoms with van der Waals surface area (Å²) in [6.07, 6.45) is 4.28. The second-order valence-corrected chi connectivity index (χ2v) is 9.46. The van der Waals surface area contributed by atoms with E-state index in [9.17, 15) is 4.79 Å². The highest BCUT2D eigenvalue weighted by atomic mass is 35.5. The summed E-state index contributed by atoms with van der Waals surface area (Å²) in [7, 11) is 1.88. The van der Waals surface area contributed by atoms with Gasteiger partial charge in [-0.25, -0.2) is 0 Å². The van der Waals surface area contributed by atoms with Crippen LogP contribution >= 0.6 is 11.6 Å². The van der Waals surface area contributed by atoms with Gasteiger partial charge in [-0.15, -0.1) is 0 Å². The molecule has 5 rings (SSSR count). The fourth-order valence-corrected chi connectivity index (χ4v) is 5.24. The van der Waals surface area contributed by atoms with Crippen LogP contribution in [0.5, 0.6) is 11.5 Å². The van der Waals surface area contributed by atoms with Gasteiger partial charge in [-0.2, -0.15) is 0 Å². The molecule has 0 radical (unpaired) electrons. The van der Waals surface area contributed by atoms with Crippen LogP contribution in [-0.4, -0.2) is 48.7 Å². The van der Waals surface area contributed by atoms with Gasteiger partial charge in [0.2, 0.25) is 6.79 Å². The van der Waals surface area contributed by atoms with E-state index < -0.39 is 0 Å². The summed E-state index contributed by atoms with van der Waals surface area (Å²) in [5.41, 5.74) is 2.29. The number of nitrogens with zero attached hydrogens (tertiary/aromatic N) is 2. The van der Waals surface area contributed by atoms with Crippen molar-refractivity contribution in [1.82, 2.24) is 9.80 Å². The number of likely N-dealkylation sites (N-methyl/N-ethyl adjacent to an activating group) is 1. The summed E-state index contributed by atoms with van der Waals surface area (Å²) in [4.78, 5) is 17.4. The predicted octanol–water partition coefficient (Wildman–Crippen LogP) is 5.26. The summed E-state index contributed by atoms with van der Waals surface area (Å²) in [5, 5.41) is 0.742. The minimum Gasteiger partial charge on any atom is -0.459 e. The van der Waals surface area contributed by atoms with Crippen LogP contribution in [0.4, 0.5) is 0 Å². The highest BCUT2D eigenvalue weighted by Crippen LogP contribution is 2.34. The molecule has 34 heavy (non-hydrogen) atoms. The van der Waals surface area contributed by atoms with E-state index in [4.69, 9.17) is 25.5 Å². The Morgan fingerprint density at radius 2 is 1.88 bits per heavy atom. The second kappa shape index (κ2) is 10.1. The van der Waals surface area contributed by atoms with Gasteiger partial charge in [-0.1, -0.05) is 35.9 Å². The van der Waals surface area contributed by atoms with Gasteiger partial charge in [0.05, 0.1) is 6.26 Å². The average molecular weight is 481 g/mol. The van der Waals surface area contributed by atoms with E-state index in [1.807, 2.05) is 36.2 Å². The SMILES string of the molecule is CN(C(=O)c1ccco1)[C@H](Cc1ccccc1Cl)C1CCN(Cc2ccc3c(c2)OCO3)CC1. The average Bonchev–Trinajstić information content (AvgIpc) is 3.55. The maximum absolute atomic E-state index is 13.1. The Morgan fingerprint density at radius 3 is 2.65 bits per heavy atom. The van der Waals surface area contributed by atoms with Gasteiger partial charge < -0.3 is 18.8 Å².